The van der Waals surface area contributed by atoms with Crippen LogP contribution in [0.1, 0.15) is 47.8 Å². The molecule has 0 bridgehead atoms. The van der Waals surface area contributed by atoms with Gasteiger partial charge in [-0.15, -0.1) is 0 Å². The van der Waals surface area contributed by atoms with Gasteiger partial charge in [0, 0.05) is 16.7 Å². The second-order valence-electron chi connectivity index (χ2n) is 11.8. The maximum Gasteiger partial charge on any atom is 0.347 e. The van der Waals surface area contributed by atoms with E-state index < -0.39 is 82.6 Å². The Morgan fingerprint density at radius 3 is 0.772 bits per heavy atom. The molecule has 4 aromatic rings. The van der Waals surface area contributed by atoms with Crippen LogP contribution in [-0.4, -0.2) is 61.1 Å². The number of carbonyl (C=O) groups excluding carboxylic acids is 6. The Bertz CT molecular complexity index is 2270. The zero-order valence-electron chi connectivity index (χ0n) is 29.8. The van der Waals surface area contributed by atoms with E-state index in [9.17, 15) is 54.0 Å². The first-order valence-electron chi connectivity index (χ1n) is 15.9. The molecule has 9 N–H and O–H groups in total. The fraction of sp³-hybridized carbons (Fsp3) is 0.0909. The van der Waals surface area contributed by atoms with Crippen LogP contribution >= 0.6 is 0 Å². The van der Waals surface area contributed by atoms with Crippen molar-refractivity contribution in [2.45, 2.75) is 35.5 Å². The normalized spacial score (nSPS) is 11.2. The summed E-state index contributed by atoms with van der Waals surface area (Å²) in [4.78, 5) is 75.5. The molecule has 0 atom stereocenters. The minimum Gasteiger partial charge on any atom is -0.267 e. The molecule has 57 heavy (non-hydrogen) atoms. The molecule has 0 saturated heterocycles. The van der Waals surface area contributed by atoms with E-state index in [4.69, 9.17) is 0 Å². The molecule has 0 saturated carbocycles. The fourth-order valence-corrected chi connectivity index (χ4v) is 7.07. The Labute approximate surface area is 325 Å². The standard InChI is InChI=1S/C33H33N9O12S3/c1-19-4-10-25(11-5-19)55(49,50)40-31(46)37-34-28(43)22-16-23(29(44)35-38-32(47)41-56(51,52)26-12-6-20(2)7-13-26)18-24(17-22)30(45)36-39-33(48)42-57(53,54)27-14-8-21(3)9-15-27/h4-18H,1-3H3,(H,34,43)(H,35,44)(H,36,45)(H2,37,40,46)(H2,38,41,47)(H2,39,42,48). The lowest BCUT2D eigenvalue weighted by atomic mass is 10.0. The van der Waals surface area contributed by atoms with Crippen LogP contribution in [0.3, 0.4) is 0 Å². The quantitative estimate of drug-likeness (QED) is 0.105. The van der Waals surface area contributed by atoms with Crippen molar-refractivity contribution < 1.29 is 54.0 Å². The number of hydrogen-bond donors (Lipinski definition) is 9. The number of hydrogen-bond acceptors (Lipinski definition) is 12. The number of nitrogens with one attached hydrogen (secondary N) is 9. The Kier molecular flexibility index (Phi) is 13.2. The van der Waals surface area contributed by atoms with E-state index in [0.717, 1.165) is 34.9 Å². The highest BCUT2D eigenvalue weighted by Crippen LogP contribution is 2.14. The number of aryl methyl sites for hydroxylation is 3. The predicted octanol–water partition coefficient (Wildman–Crippen LogP) is 0.611. The van der Waals surface area contributed by atoms with Gasteiger partial charge in [-0.25, -0.2) is 70.1 Å². The number of amides is 9. The highest BCUT2D eigenvalue weighted by molar-refractivity contribution is 7.90. The second-order valence-corrected chi connectivity index (χ2v) is 16.8. The zero-order chi connectivity index (χ0) is 42.1. The van der Waals surface area contributed by atoms with Gasteiger partial charge in [0.15, 0.2) is 0 Å². The highest BCUT2D eigenvalue weighted by Gasteiger charge is 2.23. The van der Waals surface area contributed by atoms with Crippen LogP contribution in [0.2, 0.25) is 0 Å². The lowest BCUT2D eigenvalue weighted by Crippen LogP contribution is -2.49. The van der Waals surface area contributed by atoms with Gasteiger partial charge in [-0.3, -0.25) is 30.7 Å². The van der Waals surface area contributed by atoms with Crippen molar-refractivity contribution in [1.29, 1.82) is 0 Å². The van der Waals surface area contributed by atoms with Crippen LogP contribution in [0.4, 0.5) is 14.4 Å². The maximum atomic E-state index is 13.1. The fourth-order valence-electron chi connectivity index (χ4n) is 4.35. The molecule has 4 rings (SSSR count). The molecule has 0 aromatic heterocycles. The SMILES string of the molecule is Cc1ccc(S(=O)(=O)NC(=O)NNC(=O)c2cc(C(=O)NNC(=O)NS(=O)(=O)c3ccc(C)cc3)cc(C(=O)NNC(=O)NS(=O)(=O)c3ccc(C)cc3)c2)cc1. The van der Waals surface area contributed by atoms with Crippen LogP contribution in [-0.2, 0) is 30.1 Å². The van der Waals surface area contributed by atoms with Crippen molar-refractivity contribution >= 4 is 65.9 Å². The number of carbonyl (C=O) groups is 6. The van der Waals surface area contributed by atoms with E-state index in [-0.39, 0.29) is 14.7 Å². The molecule has 24 heteroatoms. The molecule has 0 aliphatic carbocycles. The Hall–Kier alpha value is -7.05. The minimum absolute atomic E-state index is 0.269. The summed E-state index contributed by atoms with van der Waals surface area (Å²) in [6.07, 6.45) is 0. The van der Waals surface area contributed by atoms with Crippen molar-refractivity contribution in [2.24, 2.45) is 0 Å². The molecular weight excluding hydrogens is 811 g/mol. The molecule has 0 aliphatic heterocycles. The van der Waals surface area contributed by atoms with Gasteiger partial charge >= 0.3 is 18.1 Å². The molecule has 21 nitrogen and oxygen atoms in total. The Morgan fingerprint density at radius 1 is 0.351 bits per heavy atom. The van der Waals surface area contributed by atoms with Gasteiger partial charge in [-0.1, -0.05) is 53.1 Å². The summed E-state index contributed by atoms with van der Waals surface area (Å²) >= 11 is 0. The lowest BCUT2D eigenvalue weighted by Gasteiger charge is -2.14. The van der Waals surface area contributed by atoms with Crippen molar-refractivity contribution in [1.82, 2.24) is 46.7 Å². The van der Waals surface area contributed by atoms with Gasteiger partial charge in [0.05, 0.1) is 14.7 Å². The largest absolute Gasteiger partial charge is 0.347 e. The summed E-state index contributed by atoms with van der Waals surface area (Å²) < 4.78 is 80.3. The first-order chi connectivity index (χ1) is 26.6. The Morgan fingerprint density at radius 2 is 0.561 bits per heavy atom. The molecule has 0 heterocycles. The summed E-state index contributed by atoms with van der Waals surface area (Å²) in [5.41, 5.74) is 11.6. The summed E-state index contributed by atoms with van der Waals surface area (Å²) in [6.45, 7) is 5.13. The molecular formula is C33H33N9O12S3. The molecule has 9 amide bonds. The molecule has 0 fully saturated rings. The van der Waals surface area contributed by atoms with E-state index in [1.165, 1.54) is 72.8 Å². The lowest BCUT2D eigenvalue weighted by molar-refractivity contribution is 0.0934. The number of urea groups is 3. The molecule has 0 radical (unpaired) electrons. The van der Waals surface area contributed by atoms with E-state index in [1.54, 1.807) is 51.2 Å². The summed E-state index contributed by atoms with van der Waals surface area (Å²) in [5.74, 6) is -3.69. The minimum atomic E-state index is -4.38. The average Bonchev–Trinajstić information content (AvgIpc) is 3.14. The topological polar surface area (TPSA) is 313 Å². The molecule has 0 unspecified atom stereocenters. The van der Waals surface area contributed by atoms with Crippen molar-refractivity contribution in [3.8, 4) is 0 Å². The van der Waals surface area contributed by atoms with E-state index >= 15 is 0 Å². The third-order valence-corrected chi connectivity index (χ3v) is 11.3. The summed E-state index contributed by atoms with van der Waals surface area (Å²) in [5, 5.41) is 0. The van der Waals surface area contributed by atoms with Gasteiger partial charge < -0.3 is 0 Å². The number of benzene rings is 4. The first kappa shape index (κ1) is 42.7. The maximum absolute atomic E-state index is 13.1. The van der Waals surface area contributed by atoms with E-state index in [1.807, 2.05) is 16.3 Å². The third kappa shape index (κ3) is 12.0. The van der Waals surface area contributed by atoms with Crippen molar-refractivity contribution in [2.75, 3.05) is 0 Å². The summed E-state index contributed by atoms with van der Waals surface area (Å²) in [6, 6.07) is 14.6. The molecule has 0 spiro atoms. The number of hydrazine groups is 3. The van der Waals surface area contributed by atoms with Gasteiger partial charge in [0.25, 0.3) is 47.8 Å². The van der Waals surface area contributed by atoms with E-state index in [2.05, 4.69) is 0 Å². The van der Waals surface area contributed by atoms with Crippen LogP contribution < -0.4 is 46.7 Å². The van der Waals surface area contributed by atoms with Crippen LogP contribution in [0, 0.1) is 20.8 Å². The van der Waals surface area contributed by atoms with Gasteiger partial charge in [-0.05, 0) is 75.4 Å². The van der Waals surface area contributed by atoms with Crippen LogP contribution in [0.25, 0.3) is 0 Å². The zero-order valence-corrected chi connectivity index (χ0v) is 32.2. The first-order valence-corrected chi connectivity index (χ1v) is 20.3. The van der Waals surface area contributed by atoms with Gasteiger partial charge in [0.1, 0.15) is 0 Å². The average molecular weight is 844 g/mol. The molecule has 4 aromatic carbocycles. The van der Waals surface area contributed by atoms with E-state index in [0.29, 0.717) is 0 Å². The van der Waals surface area contributed by atoms with Crippen molar-refractivity contribution in [3.05, 3.63) is 124 Å². The summed E-state index contributed by atoms with van der Waals surface area (Å²) in [7, 11) is -13.2. The van der Waals surface area contributed by atoms with Crippen molar-refractivity contribution in [3.63, 3.8) is 0 Å². The Balaban J connectivity index is 1.49. The highest BCUT2D eigenvalue weighted by atomic mass is 32.2. The number of sulfonamides is 3. The molecule has 300 valence electrons. The van der Waals surface area contributed by atoms with Crippen LogP contribution in [0.15, 0.2) is 106 Å². The predicted molar refractivity (Wildman–Crippen MR) is 199 cm³/mol. The third-order valence-electron chi connectivity index (χ3n) is 7.26. The van der Waals surface area contributed by atoms with Gasteiger partial charge in [0.2, 0.25) is 0 Å². The van der Waals surface area contributed by atoms with Gasteiger partial charge in [-0.2, -0.15) is 0 Å². The number of rotatable bonds is 9. The molecule has 0 aliphatic rings. The monoisotopic (exact) mass is 843 g/mol. The second kappa shape index (κ2) is 17.6. The van der Waals surface area contributed by atoms with Crippen LogP contribution in [0.5, 0.6) is 0 Å². The smallest absolute Gasteiger partial charge is 0.267 e.